The van der Waals surface area contributed by atoms with Crippen LogP contribution in [-0.2, 0) is 14.3 Å². The number of rotatable bonds is 5. The molecule has 1 N–H and O–H groups in total. The predicted molar refractivity (Wildman–Crippen MR) is 117 cm³/mol. The Labute approximate surface area is 191 Å². The number of Topliss-reactive ketones (excluding diaryl/α,β-unsaturated/α-hetero) is 1. The largest absolute Gasteiger partial charge is 0.507 e. The maximum Gasteiger partial charge on any atom is 0.295 e. The van der Waals surface area contributed by atoms with Gasteiger partial charge in [0.25, 0.3) is 11.7 Å². The standard InChI is InChI=1S/C24H26N2O7/c1-15-2-4-18(33-15)21-20(22(27)16-3-5-17-19(14-16)32-13-12-31-17)23(28)24(29)26(21)7-6-25-8-10-30-11-9-25/h2-5,14,21,27H,6-13H2,1H3/t21-/m1/s1. The Morgan fingerprint density at radius 1 is 1.00 bits per heavy atom. The summed E-state index contributed by atoms with van der Waals surface area (Å²) in [6.45, 7) is 6.39. The van der Waals surface area contributed by atoms with Crippen molar-refractivity contribution in [1.82, 2.24) is 9.80 Å². The molecule has 3 aliphatic heterocycles. The number of aliphatic hydroxyl groups is 1. The fraction of sp³-hybridized carbons (Fsp3) is 0.417. The van der Waals surface area contributed by atoms with Crippen molar-refractivity contribution in [3.63, 3.8) is 0 Å². The van der Waals surface area contributed by atoms with Crippen molar-refractivity contribution in [2.45, 2.75) is 13.0 Å². The molecule has 1 aromatic carbocycles. The lowest BCUT2D eigenvalue weighted by atomic mass is 9.99. The molecule has 0 radical (unpaired) electrons. The molecule has 2 aromatic rings. The number of amides is 1. The first-order valence-corrected chi connectivity index (χ1v) is 11.1. The molecule has 1 amide bonds. The number of likely N-dealkylation sites (tertiary alicyclic amines) is 1. The Morgan fingerprint density at radius 3 is 2.48 bits per heavy atom. The van der Waals surface area contributed by atoms with E-state index in [0.29, 0.717) is 68.1 Å². The zero-order valence-electron chi connectivity index (χ0n) is 18.4. The highest BCUT2D eigenvalue weighted by Crippen LogP contribution is 2.41. The lowest BCUT2D eigenvalue weighted by Crippen LogP contribution is -2.42. The van der Waals surface area contributed by atoms with Crippen LogP contribution in [0.1, 0.15) is 23.1 Å². The summed E-state index contributed by atoms with van der Waals surface area (Å²) in [6.07, 6.45) is 0. The van der Waals surface area contributed by atoms with Crippen LogP contribution in [0.3, 0.4) is 0 Å². The van der Waals surface area contributed by atoms with E-state index in [-0.39, 0.29) is 11.3 Å². The van der Waals surface area contributed by atoms with Gasteiger partial charge in [-0.1, -0.05) is 0 Å². The van der Waals surface area contributed by atoms with Crippen molar-refractivity contribution in [1.29, 1.82) is 0 Å². The molecule has 9 nitrogen and oxygen atoms in total. The fourth-order valence-electron chi connectivity index (χ4n) is 4.43. The number of ether oxygens (including phenoxy) is 3. The van der Waals surface area contributed by atoms with E-state index < -0.39 is 17.7 Å². The molecule has 1 atom stereocenters. The van der Waals surface area contributed by atoms with Crippen molar-refractivity contribution in [2.75, 3.05) is 52.6 Å². The van der Waals surface area contributed by atoms with Crippen LogP contribution >= 0.6 is 0 Å². The highest BCUT2D eigenvalue weighted by Gasteiger charge is 2.47. The van der Waals surface area contributed by atoms with Crippen LogP contribution in [0.5, 0.6) is 11.5 Å². The Morgan fingerprint density at radius 2 is 1.76 bits per heavy atom. The van der Waals surface area contributed by atoms with Crippen LogP contribution in [0.4, 0.5) is 0 Å². The number of nitrogens with zero attached hydrogens (tertiary/aromatic N) is 2. The van der Waals surface area contributed by atoms with E-state index >= 15 is 0 Å². The van der Waals surface area contributed by atoms with Gasteiger partial charge in [-0.2, -0.15) is 0 Å². The van der Waals surface area contributed by atoms with Gasteiger partial charge in [-0.15, -0.1) is 0 Å². The summed E-state index contributed by atoms with van der Waals surface area (Å²) in [5.74, 6) is 0.498. The summed E-state index contributed by atoms with van der Waals surface area (Å²) in [4.78, 5) is 29.8. The molecule has 2 fully saturated rings. The molecule has 9 heteroatoms. The number of carbonyl (C=O) groups excluding carboxylic acids is 2. The van der Waals surface area contributed by atoms with Crippen LogP contribution in [0.25, 0.3) is 5.76 Å². The molecule has 0 aliphatic carbocycles. The van der Waals surface area contributed by atoms with Crippen LogP contribution in [0.15, 0.2) is 40.3 Å². The van der Waals surface area contributed by atoms with Crippen LogP contribution in [-0.4, -0.2) is 79.2 Å². The van der Waals surface area contributed by atoms with Gasteiger partial charge < -0.3 is 28.6 Å². The number of hydrogen-bond acceptors (Lipinski definition) is 8. The first kappa shape index (κ1) is 21.5. The third-order valence-corrected chi connectivity index (χ3v) is 6.15. The maximum absolute atomic E-state index is 13.1. The quantitative estimate of drug-likeness (QED) is 0.417. The smallest absolute Gasteiger partial charge is 0.295 e. The van der Waals surface area contributed by atoms with Crippen molar-refractivity contribution in [3.8, 4) is 11.5 Å². The molecule has 33 heavy (non-hydrogen) atoms. The Kier molecular flexibility index (Phi) is 5.82. The summed E-state index contributed by atoms with van der Waals surface area (Å²) >= 11 is 0. The highest BCUT2D eigenvalue weighted by molar-refractivity contribution is 6.46. The minimum atomic E-state index is -0.812. The summed E-state index contributed by atoms with van der Waals surface area (Å²) < 4.78 is 22.4. The first-order valence-electron chi connectivity index (χ1n) is 11.1. The topological polar surface area (TPSA) is 102 Å². The molecule has 5 rings (SSSR count). The molecule has 4 heterocycles. The number of aliphatic hydroxyl groups excluding tert-OH is 1. The van der Waals surface area contributed by atoms with Gasteiger partial charge in [0.2, 0.25) is 0 Å². The molecule has 1 aromatic heterocycles. The first-order chi connectivity index (χ1) is 16.0. The van der Waals surface area contributed by atoms with Crippen LogP contribution in [0.2, 0.25) is 0 Å². The minimum Gasteiger partial charge on any atom is -0.507 e. The number of carbonyl (C=O) groups is 2. The highest BCUT2D eigenvalue weighted by atomic mass is 16.6. The molecular weight excluding hydrogens is 428 g/mol. The number of ketones is 1. The zero-order valence-corrected chi connectivity index (χ0v) is 18.4. The van der Waals surface area contributed by atoms with E-state index in [9.17, 15) is 14.7 Å². The monoisotopic (exact) mass is 454 g/mol. The second kappa shape index (κ2) is 8.92. The molecule has 0 spiro atoms. The molecule has 0 bridgehead atoms. The number of fused-ring (bicyclic) bond motifs is 1. The molecule has 3 aliphatic rings. The van der Waals surface area contributed by atoms with Crippen LogP contribution < -0.4 is 9.47 Å². The average molecular weight is 454 g/mol. The van der Waals surface area contributed by atoms with Gasteiger partial charge in [-0.25, -0.2) is 0 Å². The van der Waals surface area contributed by atoms with Crippen molar-refractivity contribution in [2.24, 2.45) is 0 Å². The van der Waals surface area contributed by atoms with Gasteiger partial charge in [-0.3, -0.25) is 14.5 Å². The Bertz CT molecular complexity index is 1100. The second-order valence-corrected chi connectivity index (χ2v) is 8.25. The van der Waals surface area contributed by atoms with E-state index in [0.717, 1.165) is 13.1 Å². The molecule has 0 saturated carbocycles. The lowest BCUT2D eigenvalue weighted by molar-refractivity contribution is -0.140. The fourth-order valence-corrected chi connectivity index (χ4v) is 4.43. The number of furan rings is 1. The molecule has 174 valence electrons. The Hall–Kier alpha value is -3.30. The van der Waals surface area contributed by atoms with Gasteiger partial charge in [0.05, 0.1) is 18.8 Å². The predicted octanol–water partition coefficient (Wildman–Crippen LogP) is 2.11. The van der Waals surface area contributed by atoms with E-state index in [1.165, 1.54) is 4.90 Å². The van der Waals surface area contributed by atoms with E-state index in [4.69, 9.17) is 18.6 Å². The molecule has 0 unspecified atom stereocenters. The summed E-state index contributed by atoms with van der Waals surface area (Å²) in [5, 5.41) is 11.2. The van der Waals surface area contributed by atoms with Gasteiger partial charge >= 0.3 is 0 Å². The van der Waals surface area contributed by atoms with Gasteiger partial charge in [0.15, 0.2) is 11.5 Å². The van der Waals surface area contributed by atoms with E-state index in [1.54, 1.807) is 37.3 Å². The van der Waals surface area contributed by atoms with Crippen molar-refractivity contribution in [3.05, 3.63) is 53.0 Å². The summed E-state index contributed by atoms with van der Waals surface area (Å²) in [5.41, 5.74) is 0.381. The van der Waals surface area contributed by atoms with E-state index in [1.807, 2.05) is 0 Å². The summed E-state index contributed by atoms with van der Waals surface area (Å²) in [6, 6.07) is 7.66. The zero-order chi connectivity index (χ0) is 22.9. The van der Waals surface area contributed by atoms with Gasteiger partial charge in [0, 0.05) is 31.7 Å². The van der Waals surface area contributed by atoms with Crippen molar-refractivity contribution < 1.29 is 33.3 Å². The number of hydrogen-bond donors (Lipinski definition) is 1. The SMILES string of the molecule is Cc1ccc([C@@H]2C(=C(O)c3ccc4c(c3)OCCO4)C(=O)C(=O)N2CCN2CCOCC2)o1. The third kappa shape index (κ3) is 4.09. The number of aryl methyl sites for hydroxylation is 1. The number of benzene rings is 1. The molecule has 2 saturated heterocycles. The van der Waals surface area contributed by atoms with Crippen LogP contribution in [0, 0.1) is 6.92 Å². The normalized spacial score (nSPS) is 22.7. The average Bonchev–Trinajstić information content (AvgIpc) is 3.38. The third-order valence-electron chi connectivity index (χ3n) is 6.15. The van der Waals surface area contributed by atoms with Gasteiger partial charge in [-0.05, 0) is 37.3 Å². The second-order valence-electron chi connectivity index (χ2n) is 8.25. The molecular formula is C24H26N2O7. The van der Waals surface area contributed by atoms with E-state index in [2.05, 4.69) is 4.90 Å². The number of morpholine rings is 1. The van der Waals surface area contributed by atoms with Crippen molar-refractivity contribution >= 4 is 17.4 Å². The maximum atomic E-state index is 13.1. The lowest BCUT2D eigenvalue weighted by Gasteiger charge is -2.30. The van der Waals surface area contributed by atoms with Gasteiger partial charge in [0.1, 0.15) is 36.5 Å². The Balaban J connectivity index is 1.51. The summed E-state index contributed by atoms with van der Waals surface area (Å²) in [7, 11) is 0. The minimum absolute atomic E-state index is 0.00741.